The molecule has 1 aromatic carbocycles. The molecular formula is C19H30N2O2S. The Balaban J connectivity index is 1.62. The average Bonchev–Trinajstić information content (AvgIpc) is 2.54. The number of aryl methyl sites for hydroxylation is 2. The molecule has 1 aromatic rings. The molecule has 0 spiro atoms. The highest BCUT2D eigenvalue weighted by Crippen LogP contribution is 2.16. The molecule has 1 aliphatic rings. The number of rotatable bonds is 8. The number of carbonyl (C=O) groups excluding carboxylic acids is 1. The third kappa shape index (κ3) is 6.46. The van der Waals surface area contributed by atoms with E-state index in [4.69, 9.17) is 0 Å². The van der Waals surface area contributed by atoms with E-state index in [0.29, 0.717) is 12.3 Å². The van der Waals surface area contributed by atoms with Crippen molar-refractivity contribution in [2.24, 2.45) is 0 Å². The van der Waals surface area contributed by atoms with Crippen LogP contribution in [0.3, 0.4) is 0 Å². The Bertz CT molecular complexity index is 516. The molecule has 1 fully saturated rings. The number of hydrogen-bond acceptors (Lipinski definition) is 4. The SMILES string of the molecule is Cc1cc(C)cc(CSCC(=O)NCCN2CCCC[C@@H]2CO)c1. The van der Waals surface area contributed by atoms with Gasteiger partial charge in [-0.15, -0.1) is 11.8 Å². The van der Waals surface area contributed by atoms with E-state index in [1.807, 2.05) is 0 Å². The second kappa shape index (κ2) is 10.1. The smallest absolute Gasteiger partial charge is 0.230 e. The van der Waals surface area contributed by atoms with E-state index < -0.39 is 0 Å². The molecule has 24 heavy (non-hydrogen) atoms. The van der Waals surface area contributed by atoms with Crippen molar-refractivity contribution in [3.63, 3.8) is 0 Å². The van der Waals surface area contributed by atoms with Crippen molar-refractivity contribution in [1.82, 2.24) is 10.2 Å². The van der Waals surface area contributed by atoms with Crippen LogP contribution < -0.4 is 5.32 Å². The van der Waals surface area contributed by atoms with E-state index in [-0.39, 0.29) is 18.6 Å². The molecule has 5 heteroatoms. The van der Waals surface area contributed by atoms with Crippen molar-refractivity contribution in [1.29, 1.82) is 0 Å². The topological polar surface area (TPSA) is 52.6 Å². The lowest BCUT2D eigenvalue weighted by atomic mass is 10.0. The molecule has 0 saturated carbocycles. The second-order valence-electron chi connectivity index (χ2n) is 6.71. The lowest BCUT2D eigenvalue weighted by molar-refractivity contribution is -0.118. The number of piperidine rings is 1. The molecule has 0 bridgehead atoms. The molecule has 0 unspecified atom stereocenters. The predicted molar refractivity (Wildman–Crippen MR) is 101 cm³/mol. The summed E-state index contributed by atoms with van der Waals surface area (Å²) in [7, 11) is 0. The number of nitrogens with one attached hydrogen (secondary N) is 1. The van der Waals surface area contributed by atoms with Gasteiger partial charge in [0.05, 0.1) is 12.4 Å². The zero-order chi connectivity index (χ0) is 17.4. The average molecular weight is 351 g/mol. The largest absolute Gasteiger partial charge is 0.395 e. The monoisotopic (exact) mass is 350 g/mol. The van der Waals surface area contributed by atoms with Crippen molar-refractivity contribution in [2.75, 3.05) is 32.0 Å². The van der Waals surface area contributed by atoms with Crippen LogP contribution in [0.1, 0.15) is 36.0 Å². The zero-order valence-corrected chi connectivity index (χ0v) is 15.7. The van der Waals surface area contributed by atoms with Gasteiger partial charge in [-0.3, -0.25) is 9.69 Å². The molecule has 0 aliphatic carbocycles. The molecule has 1 saturated heterocycles. The summed E-state index contributed by atoms with van der Waals surface area (Å²) in [6, 6.07) is 6.81. The quantitative estimate of drug-likeness (QED) is 0.756. The molecule has 0 radical (unpaired) electrons. The number of aliphatic hydroxyl groups is 1. The van der Waals surface area contributed by atoms with Crippen molar-refractivity contribution >= 4 is 17.7 Å². The summed E-state index contributed by atoms with van der Waals surface area (Å²) in [4.78, 5) is 14.3. The van der Waals surface area contributed by atoms with Crippen LogP contribution in [0.5, 0.6) is 0 Å². The molecule has 1 atom stereocenters. The summed E-state index contributed by atoms with van der Waals surface area (Å²) in [6.07, 6.45) is 3.45. The summed E-state index contributed by atoms with van der Waals surface area (Å²) >= 11 is 1.66. The van der Waals surface area contributed by atoms with Crippen LogP contribution >= 0.6 is 11.8 Å². The fourth-order valence-corrected chi connectivity index (χ4v) is 4.16. The summed E-state index contributed by atoms with van der Waals surface area (Å²) in [5, 5.41) is 12.4. The molecule has 4 nitrogen and oxygen atoms in total. The maximum Gasteiger partial charge on any atom is 0.230 e. The Kier molecular flexibility index (Phi) is 8.09. The van der Waals surface area contributed by atoms with Gasteiger partial charge in [-0.25, -0.2) is 0 Å². The van der Waals surface area contributed by atoms with Gasteiger partial charge in [0.25, 0.3) is 0 Å². The number of hydrogen-bond donors (Lipinski definition) is 2. The Hall–Kier alpha value is -1.04. The summed E-state index contributed by atoms with van der Waals surface area (Å²) in [5.41, 5.74) is 3.83. The normalized spacial score (nSPS) is 18.5. The Morgan fingerprint density at radius 2 is 2.04 bits per heavy atom. The molecule has 1 aliphatic heterocycles. The number of likely N-dealkylation sites (tertiary alicyclic amines) is 1. The van der Waals surface area contributed by atoms with Crippen molar-refractivity contribution in [2.45, 2.75) is 44.9 Å². The molecule has 1 heterocycles. The second-order valence-corrected chi connectivity index (χ2v) is 7.69. The van der Waals surface area contributed by atoms with Gasteiger partial charge in [0.1, 0.15) is 0 Å². The first kappa shape index (κ1) is 19.3. The minimum absolute atomic E-state index is 0.0990. The number of carbonyl (C=O) groups is 1. The molecule has 1 amide bonds. The van der Waals surface area contributed by atoms with Gasteiger partial charge < -0.3 is 10.4 Å². The summed E-state index contributed by atoms with van der Waals surface area (Å²) < 4.78 is 0. The van der Waals surface area contributed by atoms with Crippen LogP contribution in [0.2, 0.25) is 0 Å². The molecular weight excluding hydrogens is 320 g/mol. The van der Waals surface area contributed by atoms with Gasteiger partial charge in [0, 0.05) is 24.9 Å². The minimum atomic E-state index is 0.0990. The van der Waals surface area contributed by atoms with Gasteiger partial charge in [-0.1, -0.05) is 35.7 Å². The van der Waals surface area contributed by atoms with E-state index in [0.717, 1.165) is 25.3 Å². The maximum atomic E-state index is 12.0. The van der Waals surface area contributed by atoms with Crippen LogP contribution in [0, 0.1) is 13.8 Å². The van der Waals surface area contributed by atoms with Crippen molar-refractivity contribution in [3.8, 4) is 0 Å². The Morgan fingerprint density at radius 1 is 1.29 bits per heavy atom. The van der Waals surface area contributed by atoms with Gasteiger partial charge in [0.15, 0.2) is 0 Å². The first-order valence-corrected chi connectivity index (χ1v) is 10.0. The fraction of sp³-hybridized carbons (Fsp3) is 0.632. The van der Waals surface area contributed by atoms with Crippen LogP contribution in [0.15, 0.2) is 18.2 Å². The predicted octanol–water partition coefficient (Wildman–Crippen LogP) is 2.50. The first-order chi connectivity index (χ1) is 11.6. The first-order valence-electron chi connectivity index (χ1n) is 8.85. The molecule has 2 rings (SSSR count). The molecule has 0 aromatic heterocycles. The number of amides is 1. The Morgan fingerprint density at radius 3 is 2.75 bits per heavy atom. The third-order valence-electron chi connectivity index (χ3n) is 4.46. The van der Waals surface area contributed by atoms with E-state index in [1.165, 1.54) is 29.5 Å². The van der Waals surface area contributed by atoms with Crippen LogP contribution in [-0.2, 0) is 10.5 Å². The van der Waals surface area contributed by atoms with Crippen molar-refractivity contribution in [3.05, 3.63) is 34.9 Å². The van der Waals surface area contributed by atoms with Gasteiger partial charge in [0.2, 0.25) is 5.91 Å². The van der Waals surface area contributed by atoms with Gasteiger partial charge >= 0.3 is 0 Å². The van der Waals surface area contributed by atoms with Gasteiger partial charge in [-0.05, 0) is 38.8 Å². The number of thioether (sulfide) groups is 1. The van der Waals surface area contributed by atoms with E-state index in [9.17, 15) is 9.90 Å². The number of aliphatic hydroxyl groups excluding tert-OH is 1. The van der Waals surface area contributed by atoms with Gasteiger partial charge in [-0.2, -0.15) is 0 Å². The summed E-state index contributed by atoms with van der Waals surface area (Å²) in [6.45, 7) is 6.96. The summed E-state index contributed by atoms with van der Waals surface area (Å²) in [5.74, 6) is 1.47. The van der Waals surface area contributed by atoms with Crippen LogP contribution in [-0.4, -0.2) is 53.9 Å². The highest BCUT2D eigenvalue weighted by atomic mass is 32.2. The maximum absolute atomic E-state index is 12.0. The third-order valence-corrected chi connectivity index (χ3v) is 5.47. The van der Waals surface area contributed by atoms with Crippen LogP contribution in [0.4, 0.5) is 0 Å². The van der Waals surface area contributed by atoms with E-state index in [1.54, 1.807) is 11.8 Å². The lowest BCUT2D eigenvalue weighted by Gasteiger charge is -2.34. The minimum Gasteiger partial charge on any atom is -0.395 e. The molecule has 134 valence electrons. The lowest BCUT2D eigenvalue weighted by Crippen LogP contribution is -2.45. The van der Waals surface area contributed by atoms with E-state index in [2.05, 4.69) is 42.3 Å². The van der Waals surface area contributed by atoms with Crippen LogP contribution in [0.25, 0.3) is 0 Å². The van der Waals surface area contributed by atoms with Crippen molar-refractivity contribution < 1.29 is 9.90 Å². The fourth-order valence-electron chi connectivity index (χ4n) is 3.36. The zero-order valence-electron chi connectivity index (χ0n) is 14.9. The standard InChI is InChI=1S/C19H30N2O2S/c1-15-9-16(2)11-17(10-15)13-24-14-19(23)20-6-8-21-7-4-3-5-18(21)12-22/h9-11,18,22H,3-8,12-14H2,1-2H3,(H,20,23)/t18-/m1/s1. The highest BCUT2D eigenvalue weighted by Gasteiger charge is 2.20. The highest BCUT2D eigenvalue weighted by molar-refractivity contribution is 7.99. The molecule has 2 N–H and O–H groups in total. The van der Waals surface area contributed by atoms with E-state index >= 15 is 0 Å². The Labute approximate surface area is 150 Å². The number of benzene rings is 1. The number of nitrogens with zero attached hydrogens (tertiary/aromatic N) is 1.